The first-order valence-corrected chi connectivity index (χ1v) is 6.61. The fourth-order valence-electron chi connectivity index (χ4n) is 1.93. The van der Waals surface area contributed by atoms with Crippen molar-refractivity contribution < 1.29 is 14.6 Å². The van der Waals surface area contributed by atoms with Crippen molar-refractivity contribution in [3.05, 3.63) is 29.3 Å². The molecule has 0 spiro atoms. The Labute approximate surface area is 115 Å². The lowest BCUT2D eigenvalue weighted by Gasteiger charge is -2.19. The van der Waals surface area contributed by atoms with E-state index in [0.717, 1.165) is 16.9 Å². The predicted molar refractivity (Wildman–Crippen MR) is 76.5 cm³/mol. The molecule has 1 aromatic rings. The molecule has 1 unspecified atom stereocenters. The molecule has 1 atom stereocenters. The minimum atomic E-state index is -0.459. The van der Waals surface area contributed by atoms with Gasteiger partial charge in [-0.3, -0.25) is 4.79 Å². The smallest absolute Gasteiger partial charge is 0.142 e. The molecular formula is C16H24O3. The molecule has 3 heteroatoms. The summed E-state index contributed by atoms with van der Waals surface area (Å²) in [6.07, 6.45) is 0.416. The van der Waals surface area contributed by atoms with Crippen LogP contribution in [0.2, 0.25) is 0 Å². The largest absolute Gasteiger partial charge is 0.496 e. The highest BCUT2D eigenvalue weighted by molar-refractivity contribution is 5.86. The van der Waals surface area contributed by atoms with Gasteiger partial charge in [0.1, 0.15) is 11.5 Å². The summed E-state index contributed by atoms with van der Waals surface area (Å²) >= 11 is 0. The van der Waals surface area contributed by atoms with E-state index in [0.29, 0.717) is 12.8 Å². The third kappa shape index (κ3) is 4.35. The molecule has 1 rings (SSSR count). The monoisotopic (exact) mass is 264 g/mol. The Hall–Kier alpha value is -1.35. The summed E-state index contributed by atoms with van der Waals surface area (Å²) in [5, 5.41) is 9.60. The van der Waals surface area contributed by atoms with Gasteiger partial charge in [0, 0.05) is 23.8 Å². The highest BCUT2D eigenvalue weighted by Crippen LogP contribution is 2.26. The van der Waals surface area contributed by atoms with E-state index in [9.17, 15) is 9.90 Å². The number of Topliss-reactive ketones (excluding diaryl/α,β-unsaturated/α-hetero) is 1. The molecule has 0 aliphatic heterocycles. The van der Waals surface area contributed by atoms with Crippen LogP contribution in [0.15, 0.2) is 18.2 Å². The van der Waals surface area contributed by atoms with Gasteiger partial charge in [-0.25, -0.2) is 0 Å². The molecule has 0 aromatic heterocycles. The van der Waals surface area contributed by atoms with Crippen molar-refractivity contribution in [1.82, 2.24) is 0 Å². The number of aliphatic hydroxyl groups excluding tert-OH is 1. The maximum absolute atomic E-state index is 12.2. The van der Waals surface area contributed by atoms with Gasteiger partial charge in [0.15, 0.2) is 0 Å². The van der Waals surface area contributed by atoms with Crippen LogP contribution in [-0.4, -0.2) is 24.1 Å². The molecule has 0 amide bonds. The number of hydrogen-bond donors (Lipinski definition) is 1. The number of ketones is 1. The third-order valence-electron chi connectivity index (χ3n) is 3.14. The molecule has 0 saturated heterocycles. The fourth-order valence-corrected chi connectivity index (χ4v) is 1.93. The topological polar surface area (TPSA) is 46.5 Å². The SMILES string of the molecule is COc1cccc(CC(=O)C(C)(C)C)c1CC(C)O. The van der Waals surface area contributed by atoms with Crippen LogP contribution >= 0.6 is 0 Å². The third-order valence-corrected chi connectivity index (χ3v) is 3.14. The molecular weight excluding hydrogens is 240 g/mol. The van der Waals surface area contributed by atoms with Gasteiger partial charge in [-0.1, -0.05) is 32.9 Å². The molecule has 0 bridgehead atoms. The number of rotatable bonds is 5. The Morgan fingerprint density at radius 3 is 2.47 bits per heavy atom. The van der Waals surface area contributed by atoms with Gasteiger partial charge in [-0.05, 0) is 18.6 Å². The van der Waals surface area contributed by atoms with Crippen LogP contribution in [-0.2, 0) is 17.6 Å². The summed E-state index contributed by atoms with van der Waals surface area (Å²) in [7, 11) is 1.61. The van der Waals surface area contributed by atoms with Crippen molar-refractivity contribution >= 4 is 5.78 Å². The number of benzene rings is 1. The van der Waals surface area contributed by atoms with Gasteiger partial charge in [0.05, 0.1) is 13.2 Å². The molecule has 0 aliphatic rings. The second kappa shape index (κ2) is 6.20. The molecule has 1 aromatic carbocycles. The summed E-state index contributed by atoms with van der Waals surface area (Å²) in [6.45, 7) is 7.50. The maximum atomic E-state index is 12.2. The normalized spacial score (nSPS) is 13.2. The Morgan fingerprint density at radius 1 is 1.37 bits per heavy atom. The van der Waals surface area contributed by atoms with Crippen LogP contribution in [0.4, 0.5) is 0 Å². The summed E-state index contributed by atoms with van der Waals surface area (Å²) in [4.78, 5) is 12.2. The van der Waals surface area contributed by atoms with Gasteiger partial charge < -0.3 is 9.84 Å². The highest BCUT2D eigenvalue weighted by Gasteiger charge is 2.23. The standard InChI is InChI=1S/C16H24O3/c1-11(17)9-13-12(7-6-8-14(13)19-5)10-15(18)16(2,3)4/h6-8,11,17H,9-10H2,1-5H3. The number of aliphatic hydroxyl groups is 1. The molecule has 0 aliphatic carbocycles. The average molecular weight is 264 g/mol. The molecule has 19 heavy (non-hydrogen) atoms. The quantitative estimate of drug-likeness (QED) is 0.889. The van der Waals surface area contributed by atoms with Gasteiger partial charge in [0.2, 0.25) is 0 Å². The lowest BCUT2D eigenvalue weighted by molar-refractivity contribution is -0.125. The van der Waals surface area contributed by atoms with Crippen LogP contribution in [0, 0.1) is 5.41 Å². The Morgan fingerprint density at radius 2 is 2.00 bits per heavy atom. The molecule has 0 fully saturated rings. The van der Waals surface area contributed by atoms with Crippen molar-refractivity contribution in [2.75, 3.05) is 7.11 Å². The van der Waals surface area contributed by atoms with Crippen molar-refractivity contribution in [3.8, 4) is 5.75 Å². The van der Waals surface area contributed by atoms with E-state index in [-0.39, 0.29) is 11.2 Å². The molecule has 0 heterocycles. The zero-order chi connectivity index (χ0) is 14.6. The van der Waals surface area contributed by atoms with Crippen LogP contribution in [0.5, 0.6) is 5.75 Å². The maximum Gasteiger partial charge on any atom is 0.142 e. The van der Waals surface area contributed by atoms with Crippen LogP contribution in [0.1, 0.15) is 38.8 Å². The molecule has 1 N–H and O–H groups in total. The van der Waals surface area contributed by atoms with E-state index in [4.69, 9.17) is 4.74 Å². The van der Waals surface area contributed by atoms with Gasteiger partial charge in [-0.2, -0.15) is 0 Å². The van der Waals surface area contributed by atoms with Crippen molar-refractivity contribution in [1.29, 1.82) is 0 Å². The lowest BCUT2D eigenvalue weighted by atomic mass is 9.85. The van der Waals surface area contributed by atoms with E-state index >= 15 is 0 Å². The van der Waals surface area contributed by atoms with E-state index in [2.05, 4.69) is 0 Å². The van der Waals surface area contributed by atoms with E-state index < -0.39 is 6.10 Å². The van der Waals surface area contributed by atoms with Crippen LogP contribution in [0.3, 0.4) is 0 Å². The van der Waals surface area contributed by atoms with Gasteiger partial charge >= 0.3 is 0 Å². The number of ether oxygens (including phenoxy) is 1. The van der Waals surface area contributed by atoms with Crippen molar-refractivity contribution in [2.45, 2.75) is 46.6 Å². The van der Waals surface area contributed by atoms with E-state index in [1.165, 1.54) is 0 Å². The number of carbonyl (C=O) groups excluding carboxylic acids is 1. The second-order valence-electron chi connectivity index (χ2n) is 6.00. The van der Waals surface area contributed by atoms with Gasteiger partial charge in [-0.15, -0.1) is 0 Å². The number of methoxy groups -OCH3 is 1. The fraction of sp³-hybridized carbons (Fsp3) is 0.562. The Kier molecular flexibility index (Phi) is 5.12. The van der Waals surface area contributed by atoms with Crippen LogP contribution < -0.4 is 4.74 Å². The molecule has 0 radical (unpaired) electrons. The lowest BCUT2D eigenvalue weighted by Crippen LogP contribution is -2.23. The first-order chi connectivity index (χ1) is 8.75. The molecule has 0 saturated carbocycles. The first-order valence-electron chi connectivity index (χ1n) is 6.61. The number of carbonyl (C=O) groups is 1. The summed E-state index contributed by atoms with van der Waals surface area (Å²) in [5.74, 6) is 0.924. The van der Waals surface area contributed by atoms with E-state index in [1.807, 2.05) is 39.0 Å². The zero-order valence-corrected chi connectivity index (χ0v) is 12.5. The number of hydrogen-bond acceptors (Lipinski definition) is 3. The Bertz CT molecular complexity index is 442. The summed E-state index contributed by atoms with van der Waals surface area (Å²) in [5.41, 5.74) is 1.52. The first kappa shape index (κ1) is 15.7. The van der Waals surface area contributed by atoms with E-state index in [1.54, 1.807) is 14.0 Å². The second-order valence-corrected chi connectivity index (χ2v) is 6.00. The minimum absolute atomic E-state index is 0.188. The highest BCUT2D eigenvalue weighted by atomic mass is 16.5. The average Bonchev–Trinajstić information content (AvgIpc) is 2.29. The molecule has 106 valence electrons. The minimum Gasteiger partial charge on any atom is -0.496 e. The molecule has 3 nitrogen and oxygen atoms in total. The van der Waals surface area contributed by atoms with Crippen molar-refractivity contribution in [2.24, 2.45) is 5.41 Å². The summed E-state index contributed by atoms with van der Waals surface area (Å²) < 4.78 is 5.33. The van der Waals surface area contributed by atoms with Crippen LogP contribution in [0.25, 0.3) is 0 Å². The van der Waals surface area contributed by atoms with Gasteiger partial charge in [0.25, 0.3) is 0 Å². The Balaban J connectivity index is 3.09. The van der Waals surface area contributed by atoms with Crippen molar-refractivity contribution in [3.63, 3.8) is 0 Å². The predicted octanol–water partition coefficient (Wildman–Crippen LogP) is 2.78. The zero-order valence-electron chi connectivity index (χ0n) is 12.5. The summed E-state index contributed by atoms with van der Waals surface area (Å²) in [6, 6.07) is 5.68.